The number of benzene rings is 2. The highest BCUT2D eigenvalue weighted by molar-refractivity contribution is 8.26. The van der Waals surface area contributed by atoms with Crippen molar-refractivity contribution in [3.8, 4) is 0 Å². The number of thioether (sulfide) groups is 1. The van der Waals surface area contributed by atoms with Crippen LogP contribution in [0.3, 0.4) is 0 Å². The SMILES string of the molecule is Cc1ccc(CN2C(=O)/C(=C/c3c(F)cccc3Cl)SC2=S)cc1. The lowest BCUT2D eigenvalue weighted by molar-refractivity contribution is -0.122. The fraction of sp³-hybridized carbons (Fsp3) is 0.111. The molecule has 0 atom stereocenters. The van der Waals surface area contributed by atoms with E-state index < -0.39 is 5.82 Å². The van der Waals surface area contributed by atoms with Gasteiger partial charge in [-0.3, -0.25) is 9.69 Å². The molecule has 1 aliphatic heterocycles. The summed E-state index contributed by atoms with van der Waals surface area (Å²) in [5.41, 5.74) is 2.34. The quantitative estimate of drug-likeness (QED) is 0.542. The molecule has 2 aromatic rings. The van der Waals surface area contributed by atoms with Crippen LogP contribution in [0.15, 0.2) is 47.4 Å². The van der Waals surface area contributed by atoms with Crippen molar-refractivity contribution in [3.63, 3.8) is 0 Å². The van der Waals surface area contributed by atoms with Crippen LogP contribution in [0.25, 0.3) is 6.08 Å². The van der Waals surface area contributed by atoms with E-state index >= 15 is 0 Å². The van der Waals surface area contributed by atoms with Gasteiger partial charge in [0.25, 0.3) is 5.91 Å². The normalized spacial score (nSPS) is 16.3. The number of nitrogens with zero attached hydrogens (tertiary/aromatic N) is 1. The van der Waals surface area contributed by atoms with Crippen molar-refractivity contribution >= 4 is 51.9 Å². The van der Waals surface area contributed by atoms with Crippen LogP contribution in [0.2, 0.25) is 5.02 Å². The van der Waals surface area contributed by atoms with Crippen LogP contribution in [0.4, 0.5) is 4.39 Å². The second-order valence-electron chi connectivity index (χ2n) is 5.39. The Morgan fingerprint density at radius 1 is 1.25 bits per heavy atom. The Morgan fingerprint density at radius 2 is 1.96 bits per heavy atom. The van der Waals surface area contributed by atoms with Gasteiger partial charge in [0.1, 0.15) is 10.1 Å². The molecular formula is C18H13ClFNOS2. The highest BCUT2D eigenvalue weighted by Gasteiger charge is 2.32. The van der Waals surface area contributed by atoms with Crippen molar-refractivity contribution < 1.29 is 9.18 Å². The lowest BCUT2D eigenvalue weighted by atomic mass is 10.1. The van der Waals surface area contributed by atoms with Gasteiger partial charge in [-0.25, -0.2) is 4.39 Å². The third kappa shape index (κ3) is 3.53. The maximum atomic E-state index is 13.9. The van der Waals surface area contributed by atoms with Crippen LogP contribution < -0.4 is 0 Å². The standard InChI is InChI=1S/C18H13ClFNOS2/c1-11-5-7-12(8-6-11)10-21-17(22)16(24-18(21)23)9-13-14(19)3-2-4-15(13)20/h2-9H,10H2,1H3/b16-9-. The number of carbonyl (C=O) groups is 1. The van der Waals surface area contributed by atoms with Gasteiger partial charge in [-0.2, -0.15) is 0 Å². The molecule has 2 nitrogen and oxygen atoms in total. The molecule has 1 heterocycles. The summed E-state index contributed by atoms with van der Waals surface area (Å²) < 4.78 is 14.4. The van der Waals surface area contributed by atoms with Crippen molar-refractivity contribution in [3.05, 3.63) is 74.9 Å². The molecular weight excluding hydrogens is 365 g/mol. The average Bonchev–Trinajstić information content (AvgIpc) is 2.80. The third-order valence-corrected chi connectivity index (χ3v) is 5.32. The van der Waals surface area contributed by atoms with E-state index in [2.05, 4.69) is 0 Å². The number of carbonyl (C=O) groups excluding carboxylic acids is 1. The number of amides is 1. The molecule has 1 saturated heterocycles. The lowest BCUT2D eigenvalue weighted by Gasteiger charge is -2.14. The first kappa shape index (κ1) is 17.1. The van der Waals surface area contributed by atoms with Gasteiger partial charge in [-0.05, 0) is 30.7 Å². The number of thiocarbonyl (C=S) groups is 1. The van der Waals surface area contributed by atoms with Crippen molar-refractivity contribution in [2.45, 2.75) is 13.5 Å². The number of hydrogen-bond donors (Lipinski definition) is 0. The first-order chi connectivity index (χ1) is 11.5. The van der Waals surface area contributed by atoms with Crippen molar-refractivity contribution in [1.82, 2.24) is 4.90 Å². The molecule has 3 rings (SSSR count). The highest BCUT2D eigenvalue weighted by Crippen LogP contribution is 2.35. The second kappa shape index (κ2) is 7.05. The van der Waals surface area contributed by atoms with E-state index in [0.717, 1.165) is 22.9 Å². The molecule has 0 spiro atoms. The molecule has 24 heavy (non-hydrogen) atoms. The molecule has 1 aliphatic rings. The molecule has 0 N–H and O–H groups in total. The van der Waals surface area contributed by atoms with Crippen molar-refractivity contribution in [1.29, 1.82) is 0 Å². The van der Waals surface area contributed by atoms with Crippen LogP contribution >= 0.6 is 35.6 Å². The number of aryl methyl sites for hydroxylation is 1. The van der Waals surface area contributed by atoms with Crippen LogP contribution in [-0.4, -0.2) is 15.1 Å². The Morgan fingerprint density at radius 3 is 2.62 bits per heavy atom. The highest BCUT2D eigenvalue weighted by atomic mass is 35.5. The minimum Gasteiger partial charge on any atom is -0.288 e. The van der Waals surface area contributed by atoms with E-state index in [1.54, 1.807) is 6.07 Å². The third-order valence-electron chi connectivity index (χ3n) is 3.61. The Hall–Kier alpha value is -1.69. The minimum absolute atomic E-state index is 0.204. The van der Waals surface area contributed by atoms with Gasteiger partial charge in [-0.1, -0.05) is 71.5 Å². The van der Waals surface area contributed by atoms with E-state index in [0.29, 0.717) is 15.8 Å². The minimum atomic E-state index is -0.466. The molecule has 0 unspecified atom stereocenters. The monoisotopic (exact) mass is 377 g/mol. The van der Waals surface area contributed by atoms with E-state index in [-0.39, 0.29) is 16.5 Å². The van der Waals surface area contributed by atoms with Gasteiger partial charge in [0.05, 0.1) is 16.5 Å². The van der Waals surface area contributed by atoms with Crippen molar-refractivity contribution in [2.24, 2.45) is 0 Å². The molecule has 122 valence electrons. The molecule has 6 heteroatoms. The van der Waals surface area contributed by atoms with Gasteiger partial charge in [0.15, 0.2) is 0 Å². The summed E-state index contributed by atoms with van der Waals surface area (Å²) in [7, 11) is 0. The summed E-state index contributed by atoms with van der Waals surface area (Å²) in [5.74, 6) is -0.698. The first-order valence-electron chi connectivity index (χ1n) is 7.20. The maximum Gasteiger partial charge on any atom is 0.266 e. The van der Waals surface area contributed by atoms with Crippen LogP contribution in [0, 0.1) is 12.7 Å². The predicted molar refractivity (Wildman–Crippen MR) is 101 cm³/mol. The fourth-order valence-electron chi connectivity index (χ4n) is 2.29. The number of hydrogen-bond acceptors (Lipinski definition) is 3. The van der Waals surface area contributed by atoms with E-state index in [1.807, 2.05) is 31.2 Å². The summed E-state index contributed by atoms with van der Waals surface area (Å²) in [6.45, 7) is 2.40. The molecule has 1 fully saturated rings. The van der Waals surface area contributed by atoms with Crippen molar-refractivity contribution in [2.75, 3.05) is 0 Å². The van der Waals surface area contributed by atoms with Gasteiger partial charge in [0.2, 0.25) is 0 Å². The molecule has 0 aliphatic carbocycles. The van der Waals surface area contributed by atoms with Gasteiger partial charge in [0, 0.05) is 5.56 Å². The summed E-state index contributed by atoms with van der Waals surface area (Å²) in [5, 5.41) is 0.263. The molecule has 0 bridgehead atoms. The Labute approximate surface area is 154 Å². The molecule has 1 amide bonds. The zero-order valence-corrected chi connectivity index (χ0v) is 15.1. The fourth-order valence-corrected chi connectivity index (χ4v) is 3.75. The Kier molecular flexibility index (Phi) is 5.04. The van der Waals surface area contributed by atoms with E-state index in [4.69, 9.17) is 23.8 Å². The van der Waals surface area contributed by atoms with E-state index in [1.165, 1.54) is 23.1 Å². The van der Waals surface area contributed by atoms with Crippen LogP contribution in [-0.2, 0) is 11.3 Å². The van der Waals surface area contributed by atoms with Crippen LogP contribution in [0.1, 0.15) is 16.7 Å². The lowest BCUT2D eigenvalue weighted by Crippen LogP contribution is -2.27. The number of halogens is 2. The summed E-state index contributed by atoms with van der Waals surface area (Å²) in [6.07, 6.45) is 1.46. The Bertz CT molecular complexity index is 828. The average molecular weight is 378 g/mol. The van der Waals surface area contributed by atoms with Gasteiger partial charge in [-0.15, -0.1) is 0 Å². The summed E-state index contributed by atoms with van der Waals surface area (Å²) in [6, 6.07) is 12.3. The predicted octanol–water partition coefficient (Wildman–Crippen LogP) is 5.19. The van der Waals surface area contributed by atoms with Gasteiger partial charge >= 0.3 is 0 Å². The number of rotatable bonds is 3. The Balaban J connectivity index is 1.86. The molecule has 0 aromatic heterocycles. The van der Waals surface area contributed by atoms with E-state index in [9.17, 15) is 9.18 Å². The first-order valence-corrected chi connectivity index (χ1v) is 8.81. The van der Waals surface area contributed by atoms with Gasteiger partial charge < -0.3 is 0 Å². The van der Waals surface area contributed by atoms with Crippen LogP contribution in [0.5, 0.6) is 0 Å². The second-order valence-corrected chi connectivity index (χ2v) is 7.47. The molecule has 0 radical (unpaired) electrons. The largest absolute Gasteiger partial charge is 0.288 e. The molecule has 2 aromatic carbocycles. The molecule has 0 saturated carbocycles. The zero-order valence-electron chi connectivity index (χ0n) is 12.8. The summed E-state index contributed by atoms with van der Waals surface area (Å²) >= 11 is 12.5. The maximum absolute atomic E-state index is 13.9. The summed E-state index contributed by atoms with van der Waals surface area (Å²) in [4.78, 5) is 14.5. The smallest absolute Gasteiger partial charge is 0.266 e. The topological polar surface area (TPSA) is 20.3 Å². The zero-order chi connectivity index (χ0) is 17.3.